The van der Waals surface area contributed by atoms with Crippen LogP contribution >= 0.6 is 0 Å². The Labute approximate surface area is 138 Å². The SMILES string of the molecule is CC(NC(=O)c1cn(C)nc1C(F)(F)F)c1ccc(C(F)(F)F)cc1. The Balaban J connectivity index is 2.18. The van der Waals surface area contributed by atoms with Crippen LogP contribution in [0.25, 0.3) is 0 Å². The summed E-state index contributed by atoms with van der Waals surface area (Å²) in [6.07, 6.45) is -8.37. The molecular formula is C15H13F6N3O. The van der Waals surface area contributed by atoms with Crippen molar-refractivity contribution in [3.8, 4) is 0 Å². The molecule has 25 heavy (non-hydrogen) atoms. The third-order valence-corrected chi connectivity index (χ3v) is 3.43. The summed E-state index contributed by atoms with van der Waals surface area (Å²) in [5.41, 5.74) is -2.53. The van der Waals surface area contributed by atoms with Gasteiger partial charge in [-0.1, -0.05) is 12.1 Å². The lowest BCUT2D eigenvalue weighted by atomic mass is 10.1. The van der Waals surface area contributed by atoms with E-state index in [1.165, 1.54) is 14.0 Å². The summed E-state index contributed by atoms with van der Waals surface area (Å²) < 4.78 is 77.1. The quantitative estimate of drug-likeness (QED) is 0.838. The van der Waals surface area contributed by atoms with Crippen molar-refractivity contribution in [2.75, 3.05) is 0 Å². The highest BCUT2D eigenvalue weighted by Crippen LogP contribution is 2.31. The fourth-order valence-electron chi connectivity index (χ4n) is 2.18. The van der Waals surface area contributed by atoms with Crippen molar-refractivity contribution in [2.45, 2.75) is 25.3 Å². The van der Waals surface area contributed by atoms with E-state index >= 15 is 0 Å². The molecule has 2 rings (SSSR count). The molecule has 0 aliphatic rings. The number of amides is 1. The van der Waals surface area contributed by atoms with Crippen LogP contribution in [0.2, 0.25) is 0 Å². The number of nitrogens with zero attached hydrogens (tertiary/aromatic N) is 2. The summed E-state index contributed by atoms with van der Waals surface area (Å²) in [6, 6.07) is 3.19. The van der Waals surface area contributed by atoms with Gasteiger partial charge in [-0.05, 0) is 24.6 Å². The third-order valence-electron chi connectivity index (χ3n) is 3.43. The molecule has 0 spiro atoms. The number of carbonyl (C=O) groups is 1. The predicted octanol–water partition coefficient (Wildman–Crippen LogP) is 3.95. The second kappa shape index (κ2) is 6.41. The van der Waals surface area contributed by atoms with E-state index in [0.29, 0.717) is 5.56 Å². The lowest BCUT2D eigenvalue weighted by molar-refractivity contribution is -0.141. The van der Waals surface area contributed by atoms with Gasteiger partial charge in [0.25, 0.3) is 5.91 Å². The summed E-state index contributed by atoms with van der Waals surface area (Å²) in [5, 5.41) is 5.55. The van der Waals surface area contributed by atoms with Crippen molar-refractivity contribution >= 4 is 5.91 Å². The van der Waals surface area contributed by atoms with Crippen LogP contribution in [0.15, 0.2) is 30.5 Å². The zero-order valence-electron chi connectivity index (χ0n) is 13.0. The van der Waals surface area contributed by atoms with Crippen molar-refractivity contribution in [3.63, 3.8) is 0 Å². The van der Waals surface area contributed by atoms with E-state index in [9.17, 15) is 31.1 Å². The van der Waals surface area contributed by atoms with Crippen LogP contribution < -0.4 is 5.32 Å². The van der Waals surface area contributed by atoms with E-state index < -0.39 is 41.1 Å². The molecule has 1 N–H and O–H groups in total. The van der Waals surface area contributed by atoms with E-state index in [-0.39, 0.29) is 0 Å². The molecule has 2 aromatic rings. The van der Waals surface area contributed by atoms with Crippen LogP contribution in [0.1, 0.15) is 40.1 Å². The van der Waals surface area contributed by atoms with E-state index in [1.54, 1.807) is 0 Å². The summed E-state index contributed by atoms with van der Waals surface area (Å²) in [5.74, 6) is -1.02. The molecule has 1 heterocycles. The van der Waals surface area contributed by atoms with E-state index in [1.807, 2.05) is 0 Å². The summed E-state index contributed by atoms with van der Waals surface area (Å²) >= 11 is 0. The molecule has 1 aromatic heterocycles. The molecule has 0 saturated heterocycles. The lowest BCUT2D eigenvalue weighted by Crippen LogP contribution is -2.28. The molecule has 10 heteroatoms. The van der Waals surface area contributed by atoms with Gasteiger partial charge in [0, 0.05) is 13.2 Å². The number of alkyl halides is 6. The summed E-state index contributed by atoms with van der Waals surface area (Å²) in [4.78, 5) is 12.1. The van der Waals surface area contributed by atoms with E-state index in [0.717, 1.165) is 35.1 Å². The normalized spacial score (nSPS) is 13.6. The second-order valence-electron chi connectivity index (χ2n) is 5.38. The molecule has 1 unspecified atom stereocenters. The number of benzene rings is 1. The van der Waals surface area contributed by atoms with Gasteiger partial charge in [-0.15, -0.1) is 0 Å². The molecule has 1 amide bonds. The van der Waals surface area contributed by atoms with Gasteiger partial charge in [0.15, 0.2) is 5.69 Å². The largest absolute Gasteiger partial charge is 0.435 e. The second-order valence-corrected chi connectivity index (χ2v) is 5.38. The van der Waals surface area contributed by atoms with Gasteiger partial charge in [-0.25, -0.2) is 0 Å². The number of rotatable bonds is 3. The highest BCUT2D eigenvalue weighted by Gasteiger charge is 2.39. The first-order valence-electron chi connectivity index (χ1n) is 6.98. The summed E-state index contributed by atoms with van der Waals surface area (Å²) in [6.45, 7) is 1.45. The molecular weight excluding hydrogens is 352 g/mol. The average molecular weight is 365 g/mol. The minimum atomic E-state index is -4.80. The Bertz CT molecular complexity index is 761. The van der Waals surface area contributed by atoms with Crippen molar-refractivity contribution in [3.05, 3.63) is 52.8 Å². The van der Waals surface area contributed by atoms with Gasteiger partial charge in [0.2, 0.25) is 0 Å². The predicted molar refractivity (Wildman–Crippen MR) is 75.5 cm³/mol. The monoisotopic (exact) mass is 365 g/mol. The van der Waals surface area contributed by atoms with Crippen molar-refractivity contribution in [2.24, 2.45) is 7.05 Å². The molecule has 136 valence electrons. The number of hydrogen-bond donors (Lipinski definition) is 1. The third kappa shape index (κ3) is 4.31. The fourth-order valence-corrected chi connectivity index (χ4v) is 2.18. The Kier molecular flexibility index (Phi) is 4.83. The number of aromatic nitrogens is 2. The molecule has 4 nitrogen and oxygen atoms in total. The van der Waals surface area contributed by atoms with Crippen LogP contribution in [0.4, 0.5) is 26.3 Å². The minimum absolute atomic E-state index is 0.318. The fraction of sp³-hybridized carbons (Fsp3) is 0.333. The Morgan fingerprint density at radius 3 is 2.12 bits per heavy atom. The lowest BCUT2D eigenvalue weighted by Gasteiger charge is -2.15. The van der Waals surface area contributed by atoms with E-state index in [4.69, 9.17) is 0 Å². The zero-order valence-corrected chi connectivity index (χ0v) is 13.0. The molecule has 0 aliphatic carbocycles. The van der Waals surface area contributed by atoms with Gasteiger partial charge in [-0.2, -0.15) is 31.4 Å². The van der Waals surface area contributed by atoms with Crippen LogP contribution in [0.5, 0.6) is 0 Å². The first-order chi connectivity index (χ1) is 11.4. The van der Waals surface area contributed by atoms with Crippen LogP contribution in [-0.4, -0.2) is 15.7 Å². The van der Waals surface area contributed by atoms with Crippen molar-refractivity contribution in [1.29, 1.82) is 0 Å². The zero-order chi connectivity index (χ0) is 19.0. The standard InChI is InChI=1S/C15H13F6N3O/c1-8(9-3-5-10(6-4-9)14(16,17)18)22-13(25)11-7-24(2)23-12(11)15(19,20)21/h3-8H,1-2H3,(H,22,25). The molecule has 1 atom stereocenters. The molecule has 0 saturated carbocycles. The topological polar surface area (TPSA) is 46.9 Å². The Hall–Kier alpha value is -2.52. The van der Waals surface area contributed by atoms with Gasteiger partial charge in [-0.3, -0.25) is 9.48 Å². The average Bonchev–Trinajstić information content (AvgIpc) is 2.89. The van der Waals surface area contributed by atoms with Crippen molar-refractivity contribution in [1.82, 2.24) is 15.1 Å². The first kappa shape index (κ1) is 18.8. The number of nitrogens with one attached hydrogen (secondary N) is 1. The van der Waals surface area contributed by atoms with E-state index in [2.05, 4.69) is 10.4 Å². The Morgan fingerprint density at radius 1 is 1.08 bits per heavy atom. The molecule has 0 bridgehead atoms. The number of carbonyl (C=O) groups excluding carboxylic acids is 1. The minimum Gasteiger partial charge on any atom is -0.345 e. The number of halogens is 6. The molecule has 0 fully saturated rings. The van der Waals surface area contributed by atoms with Gasteiger partial charge in [0.1, 0.15) is 0 Å². The van der Waals surface area contributed by atoms with Crippen LogP contribution in [-0.2, 0) is 19.4 Å². The maximum absolute atomic E-state index is 12.9. The van der Waals surface area contributed by atoms with Gasteiger partial charge >= 0.3 is 12.4 Å². The number of hydrogen-bond acceptors (Lipinski definition) is 2. The van der Waals surface area contributed by atoms with Gasteiger partial charge in [0.05, 0.1) is 17.2 Å². The maximum atomic E-state index is 12.9. The Morgan fingerprint density at radius 2 is 1.64 bits per heavy atom. The smallest absolute Gasteiger partial charge is 0.345 e. The molecule has 0 radical (unpaired) electrons. The first-order valence-corrected chi connectivity index (χ1v) is 6.98. The molecule has 0 aliphatic heterocycles. The van der Waals surface area contributed by atoms with Crippen LogP contribution in [0.3, 0.4) is 0 Å². The van der Waals surface area contributed by atoms with Gasteiger partial charge < -0.3 is 5.32 Å². The molecule has 1 aromatic carbocycles. The summed E-state index contributed by atoms with van der Waals surface area (Å²) in [7, 11) is 1.24. The van der Waals surface area contributed by atoms with Crippen LogP contribution in [0, 0.1) is 0 Å². The van der Waals surface area contributed by atoms with Crippen molar-refractivity contribution < 1.29 is 31.1 Å². The number of aryl methyl sites for hydroxylation is 1. The maximum Gasteiger partial charge on any atom is 0.435 e. The highest BCUT2D eigenvalue weighted by atomic mass is 19.4. The highest BCUT2D eigenvalue weighted by molar-refractivity contribution is 5.95.